The lowest BCUT2D eigenvalue weighted by atomic mass is 10.2. The molecule has 84 valence electrons. The van der Waals surface area contributed by atoms with Gasteiger partial charge in [0.25, 0.3) is 5.56 Å². The summed E-state index contributed by atoms with van der Waals surface area (Å²) in [6, 6.07) is 0. The van der Waals surface area contributed by atoms with E-state index in [0.29, 0.717) is 6.61 Å². The molecule has 1 N–H and O–H groups in total. The Morgan fingerprint density at radius 2 is 2.44 bits per heavy atom. The molecule has 1 fully saturated rings. The van der Waals surface area contributed by atoms with E-state index < -0.39 is 11.2 Å². The topological polar surface area (TPSA) is 77.0 Å². The van der Waals surface area contributed by atoms with Gasteiger partial charge < -0.3 is 4.74 Å². The van der Waals surface area contributed by atoms with Crippen molar-refractivity contribution in [2.45, 2.75) is 25.5 Å². The summed E-state index contributed by atoms with van der Waals surface area (Å²) in [4.78, 5) is 25.0. The van der Waals surface area contributed by atoms with E-state index in [1.165, 1.54) is 0 Å². The van der Waals surface area contributed by atoms with Crippen LogP contribution in [0.4, 0.5) is 0 Å². The molecular formula is C10H11N3O3. The fourth-order valence-electron chi connectivity index (χ4n) is 1.64. The third-order valence-electron chi connectivity index (χ3n) is 2.39. The largest absolute Gasteiger partial charge is 0.372 e. The predicted octanol–water partition coefficient (Wildman–Crippen LogP) is -0.584. The molecule has 1 aliphatic heterocycles. The number of hydrogen-bond donors (Lipinski definition) is 1. The first-order valence-corrected chi connectivity index (χ1v) is 4.99. The molecule has 1 atom stereocenters. The number of rotatable bonds is 2. The second-order valence-electron chi connectivity index (χ2n) is 3.51. The Labute approximate surface area is 91.3 Å². The maximum atomic E-state index is 11.5. The van der Waals surface area contributed by atoms with Crippen molar-refractivity contribution >= 4 is 0 Å². The van der Waals surface area contributed by atoms with Crippen molar-refractivity contribution in [1.82, 2.24) is 14.8 Å². The number of hydrogen-bond acceptors (Lipinski definition) is 4. The lowest BCUT2D eigenvalue weighted by Crippen LogP contribution is -2.35. The number of terminal acetylenes is 1. The maximum absolute atomic E-state index is 11.5. The van der Waals surface area contributed by atoms with Crippen LogP contribution in [0.15, 0.2) is 9.59 Å². The Morgan fingerprint density at radius 1 is 1.62 bits per heavy atom. The van der Waals surface area contributed by atoms with Crippen molar-refractivity contribution in [2.75, 3.05) is 6.61 Å². The summed E-state index contributed by atoms with van der Waals surface area (Å²) in [6.45, 7) is 0.648. The molecule has 1 aliphatic rings. The molecule has 0 spiro atoms. The highest BCUT2D eigenvalue weighted by atomic mass is 16.5. The minimum atomic E-state index is -0.593. The number of ether oxygens (including phenoxy) is 1. The third-order valence-corrected chi connectivity index (χ3v) is 2.39. The van der Waals surface area contributed by atoms with Gasteiger partial charge in [0.05, 0.1) is 0 Å². The summed E-state index contributed by atoms with van der Waals surface area (Å²) in [7, 11) is 0. The van der Waals surface area contributed by atoms with Gasteiger partial charge in [-0.1, -0.05) is 5.92 Å². The van der Waals surface area contributed by atoms with Crippen LogP contribution in [0.25, 0.3) is 0 Å². The first kappa shape index (κ1) is 10.6. The molecule has 1 aromatic heterocycles. The van der Waals surface area contributed by atoms with Gasteiger partial charge in [-0.25, -0.2) is 9.48 Å². The van der Waals surface area contributed by atoms with Crippen LogP contribution >= 0.6 is 0 Å². The minimum Gasteiger partial charge on any atom is -0.372 e. The van der Waals surface area contributed by atoms with E-state index in [0.717, 1.165) is 17.5 Å². The van der Waals surface area contributed by atoms with Crippen LogP contribution in [0, 0.1) is 12.3 Å². The van der Waals surface area contributed by atoms with Gasteiger partial charge in [0, 0.05) is 6.61 Å². The van der Waals surface area contributed by atoms with Gasteiger partial charge in [-0.3, -0.25) is 9.78 Å². The molecule has 0 radical (unpaired) electrons. The summed E-state index contributed by atoms with van der Waals surface area (Å²) < 4.78 is 6.40. The number of nitrogens with one attached hydrogen (secondary N) is 1. The Hall–Kier alpha value is -1.87. The highest BCUT2D eigenvalue weighted by Gasteiger charge is 2.23. The van der Waals surface area contributed by atoms with E-state index >= 15 is 0 Å². The highest BCUT2D eigenvalue weighted by molar-refractivity contribution is 5.00. The van der Waals surface area contributed by atoms with Crippen molar-refractivity contribution in [1.29, 1.82) is 0 Å². The van der Waals surface area contributed by atoms with E-state index in [9.17, 15) is 9.59 Å². The highest BCUT2D eigenvalue weighted by Crippen LogP contribution is 2.23. The van der Waals surface area contributed by atoms with Crippen LogP contribution in [0.3, 0.4) is 0 Å². The first-order chi connectivity index (χ1) is 7.72. The fraction of sp³-hybridized carbons (Fsp3) is 0.500. The second kappa shape index (κ2) is 4.33. The molecule has 0 aromatic carbocycles. The lowest BCUT2D eigenvalue weighted by molar-refractivity contribution is 0.105. The van der Waals surface area contributed by atoms with Gasteiger partial charge in [-0.05, 0) is 12.8 Å². The lowest BCUT2D eigenvalue weighted by Gasteiger charge is -2.08. The van der Waals surface area contributed by atoms with Crippen LogP contribution in [0.2, 0.25) is 0 Å². The van der Waals surface area contributed by atoms with Gasteiger partial charge >= 0.3 is 5.69 Å². The van der Waals surface area contributed by atoms with E-state index in [2.05, 4.69) is 16.0 Å². The van der Waals surface area contributed by atoms with E-state index in [4.69, 9.17) is 11.2 Å². The molecule has 0 amide bonds. The molecule has 1 saturated heterocycles. The normalized spacial score (nSPS) is 19.6. The van der Waals surface area contributed by atoms with Crippen LogP contribution in [-0.2, 0) is 11.3 Å². The van der Waals surface area contributed by atoms with Crippen molar-refractivity contribution < 1.29 is 4.74 Å². The molecular weight excluding hydrogens is 210 g/mol. The van der Waals surface area contributed by atoms with E-state index in [1.807, 2.05) is 0 Å². The Kier molecular flexibility index (Phi) is 2.88. The Bertz CT molecular complexity index is 531. The van der Waals surface area contributed by atoms with Crippen LogP contribution < -0.4 is 11.2 Å². The number of aromatic nitrogens is 3. The standard InChI is InChI=1S/C10H11N3O3/c1-2-5-13-10(15)11-9(14)8(12-13)7-4-3-6-16-7/h1,7H,3-6H2,(H,11,14,15). The van der Waals surface area contributed by atoms with Gasteiger partial charge in [-0.2, -0.15) is 5.10 Å². The molecule has 6 nitrogen and oxygen atoms in total. The monoisotopic (exact) mass is 221 g/mol. The van der Waals surface area contributed by atoms with Crippen molar-refractivity contribution in [3.8, 4) is 12.3 Å². The summed E-state index contributed by atoms with van der Waals surface area (Å²) in [5, 5.41) is 3.94. The third kappa shape index (κ3) is 1.90. The zero-order chi connectivity index (χ0) is 11.5. The minimum absolute atomic E-state index is 0.0370. The van der Waals surface area contributed by atoms with Crippen LogP contribution in [0.5, 0.6) is 0 Å². The molecule has 0 saturated carbocycles. The zero-order valence-corrected chi connectivity index (χ0v) is 8.60. The van der Waals surface area contributed by atoms with Crippen LogP contribution in [-0.4, -0.2) is 21.4 Å². The number of H-pyrrole nitrogens is 1. The molecule has 1 unspecified atom stereocenters. The molecule has 1 aromatic rings. The smallest absolute Gasteiger partial charge is 0.345 e. The quantitative estimate of drug-likeness (QED) is 0.677. The van der Waals surface area contributed by atoms with Crippen molar-refractivity contribution in [2.24, 2.45) is 0 Å². The summed E-state index contributed by atoms with van der Waals surface area (Å²) in [5.74, 6) is 2.30. The average molecular weight is 221 g/mol. The fourth-order valence-corrected chi connectivity index (χ4v) is 1.64. The average Bonchev–Trinajstić information content (AvgIpc) is 2.75. The SMILES string of the molecule is C#CCn1nc(C2CCCO2)c(=O)[nH]c1=O. The van der Waals surface area contributed by atoms with Crippen LogP contribution in [0.1, 0.15) is 24.6 Å². The molecule has 0 bridgehead atoms. The summed E-state index contributed by atoms with van der Waals surface area (Å²) in [6.07, 6.45) is 6.40. The van der Waals surface area contributed by atoms with Gasteiger partial charge in [0.2, 0.25) is 0 Å². The zero-order valence-electron chi connectivity index (χ0n) is 8.60. The maximum Gasteiger partial charge on any atom is 0.345 e. The van der Waals surface area contributed by atoms with Gasteiger partial charge in [0.15, 0.2) is 5.69 Å². The summed E-state index contributed by atoms with van der Waals surface area (Å²) in [5.41, 5.74) is -0.859. The molecule has 0 aliphatic carbocycles. The predicted molar refractivity (Wildman–Crippen MR) is 55.9 cm³/mol. The van der Waals surface area contributed by atoms with Crippen molar-refractivity contribution in [3.05, 3.63) is 26.5 Å². The van der Waals surface area contributed by atoms with Crippen molar-refractivity contribution in [3.63, 3.8) is 0 Å². The number of nitrogens with zero attached hydrogens (tertiary/aromatic N) is 2. The van der Waals surface area contributed by atoms with E-state index in [-0.39, 0.29) is 18.3 Å². The van der Waals surface area contributed by atoms with Gasteiger partial charge in [0.1, 0.15) is 12.6 Å². The Balaban J connectivity index is 2.45. The van der Waals surface area contributed by atoms with Gasteiger partial charge in [-0.15, -0.1) is 6.42 Å². The van der Waals surface area contributed by atoms with E-state index in [1.54, 1.807) is 0 Å². The Morgan fingerprint density at radius 3 is 3.06 bits per heavy atom. The first-order valence-electron chi connectivity index (χ1n) is 4.99. The molecule has 16 heavy (non-hydrogen) atoms. The molecule has 6 heteroatoms. The molecule has 2 heterocycles. The second-order valence-corrected chi connectivity index (χ2v) is 3.51. The molecule has 2 rings (SSSR count). The number of aromatic amines is 1. The summed E-state index contributed by atoms with van der Waals surface area (Å²) >= 11 is 0.